The number of hydrazone groups is 1. The van der Waals surface area contributed by atoms with Crippen LogP contribution in [0.1, 0.15) is 23.6 Å². The predicted octanol–water partition coefficient (Wildman–Crippen LogP) is 6.19. The van der Waals surface area contributed by atoms with E-state index in [1.54, 1.807) is 9.91 Å². The van der Waals surface area contributed by atoms with Gasteiger partial charge in [-0.05, 0) is 61.5 Å². The van der Waals surface area contributed by atoms with Gasteiger partial charge in [-0.3, -0.25) is 14.5 Å². The van der Waals surface area contributed by atoms with Crippen LogP contribution in [0.4, 0.5) is 11.4 Å². The Labute approximate surface area is 207 Å². The molecule has 3 aromatic rings. The predicted molar refractivity (Wildman–Crippen MR) is 143 cm³/mol. The van der Waals surface area contributed by atoms with Crippen molar-refractivity contribution in [2.24, 2.45) is 5.10 Å². The third kappa shape index (κ3) is 3.95. The molecule has 0 unspecified atom stereocenters. The van der Waals surface area contributed by atoms with E-state index in [1.807, 2.05) is 98.8 Å². The number of nitrogens with zero attached hydrogens (tertiary/aromatic N) is 3. The molecule has 3 aromatic carbocycles. The minimum Gasteiger partial charge on any atom is -0.292 e. The van der Waals surface area contributed by atoms with E-state index in [9.17, 15) is 9.59 Å². The first kappa shape index (κ1) is 22.5. The number of aryl methyl sites for hydroxylation is 2. The largest absolute Gasteiger partial charge is 0.292 e. The van der Waals surface area contributed by atoms with E-state index in [4.69, 9.17) is 5.10 Å². The van der Waals surface area contributed by atoms with Crippen molar-refractivity contribution in [3.8, 4) is 0 Å². The maximum Gasteiger partial charge on any atom is 0.268 e. The van der Waals surface area contributed by atoms with Gasteiger partial charge in [-0.2, -0.15) is 5.10 Å². The summed E-state index contributed by atoms with van der Waals surface area (Å²) in [4.78, 5) is 28.7. The number of Topliss-reactive ketones (excluding diaryl/α,β-unsaturated/α-hetero) is 1. The number of ketones is 1. The highest BCUT2D eigenvalue weighted by atomic mass is 32.2. The average molecular weight is 486 g/mol. The number of amides is 1. The molecule has 1 saturated heterocycles. The van der Waals surface area contributed by atoms with Crippen molar-refractivity contribution in [1.29, 1.82) is 0 Å². The van der Waals surface area contributed by atoms with Crippen LogP contribution in [0.2, 0.25) is 0 Å². The maximum absolute atomic E-state index is 13.9. The van der Waals surface area contributed by atoms with Gasteiger partial charge in [0.2, 0.25) is 4.33 Å². The Morgan fingerprint density at radius 3 is 2.09 bits per heavy atom. The normalized spacial score (nSPS) is 21.0. The van der Waals surface area contributed by atoms with Crippen LogP contribution < -0.4 is 9.91 Å². The van der Waals surface area contributed by atoms with Gasteiger partial charge in [0.05, 0.1) is 10.6 Å². The first-order valence-electron chi connectivity index (χ1n) is 10.9. The van der Waals surface area contributed by atoms with Gasteiger partial charge in [-0.1, -0.05) is 77.5 Å². The number of rotatable bonds is 4. The molecule has 0 bridgehead atoms. The Balaban J connectivity index is 1.68. The van der Waals surface area contributed by atoms with Crippen LogP contribution in [0, 0.1) is 13.8 Å². The quantitative estimate of drug-likeness (QED) is 0.412. The lowest BCUT2D eigenvalue weighted by Gasteiger charge is -2.38. The monoisotopic (exact) mass is 485 g/mol. The molecule has 0 radical (unpaired) electrons. The van der Waals surface area contributed by atoms with Crippen molar-refractivity contribution in [3.05, 3.63) is 100 Å². The Bertz CT molecular complexity index is 1320. The smallest absolute Gasteiger partial charge is 0.268 e. The van der Waals surface area contributed by atoms with E-state index >= 15 is 0 Å². The minimum atomic E-state index is -0.995. The third-order valence-corrected chi connectivity index (χ3v) is 8.41. The second-order valence-corrected chi connectivity index (χ2v) is 10.9. The van der Waals surface area contributed by atoms with Crippen molar-refractivity contribution >= 4 is 57.7 Å². The molecule has 2 heterocycles. The fraction of sp³-hybridized carbons (Fsp3) is 0.148. The first-order chi connectivity index (χ1) is 16.4. The van der Waals surface area contributed by atoms with Crippen LogP contribution in [-0.2, 0) is 9.59 Å². The molecule has 2 aliphatic heterocycles. The zero-order valence-corrected chi connectivity index (χ0v) is 20.7. The van der Waals surface area contributed by atoms with Crippen molar-refractivity contribution in [3.63, 3.8) is 0 Å². The van der Waals surface area contributed by atoms with Gasteiger partial charge in [0.1, 0.15) is 0 Å². The molecule has 1 spiro atoms. The Morgan fingerprint density at radius 1 is 0.853 bits per heavy atom. The molecule has 34 heavy (non-hydrogen) atoms. The summed E-state index contributed by atoms with van der Waals surface area (Å²) in [5.74, 6) is -0.252. The third-order valence-electron chi connectivity index (χ3n) is 5.60. The highest BCUT2D eigenvalue weighted by Crippen LogP contribution is 2.59. The van der Waals surface area contributed by atoms with E-state index < -0.39 is 4.33 Å². The molecule has 7 heteroatoms. The number of benzene rings is 3. The summed E-state index contributed by atoms with van der Waals surface area (Å²) in [5.41, 5.74) is 4.79. The maximum atomic E-state index is 13.9. The molecule has 0 aliphatic carbocycles. The number of thioether (sulfide) groups is 2. The van der Waals surface area contributed by atoms with Gasteiger partial charge < -0.3 is 0 Å². The second kappa shape index (κ2) is 8.81. The number of carbonyl (C=O) groups is 2. The number of anilines is 2. The Kier molecular flexibility index (Phi) is 5.83. The van der Waals surface area contributed by atoms with Crippen LogP contribution in [0.3, 0.4) is 0 Å². The summed E-state index contributed by atoms with van der Waals surface area (Å²) < 4.78 is -0.995. The Hall–Kier alpha value is -3.29. The zero-order valence-electron chi connectivity index (χ0n) is 19.1. The molecule has 0 N–H and O–H groups in total. The molecule has 1 amide bonds. The summed E-state index contributed by atoms with van der Waals surface area (Å²) in [6.07, 6.45) is 1.91. The Morgan fingerprint density at radius 2 is 1.47 bits per heavy atom. The second-order valence-electron chi connectivity index (χ2n) is 8.26. The molecule has 2 aliphatic rings. The number of hydrogen-bond acceptors (Lipinski definition) is 6. The lowest BCUT2D eigenvalue weighted by molar-refractivity contribution is -0.114. The van der Waals surface area contributed by atoms with Crippen molar-refractivity contribution in [2.45, 2.75) is 25.1 Å². The van der Waals surface area contributed by atoms with Crippen LogP contribution in [0.5, 0.6) is 0 Å². The van der Waals surface area contributed by atoms with Gasteiger partial charge >= 0.3 is 0 Å². The van der Waals surface area contributed by atoms with Gasteiger partial charge in [0.15, 0.2) is 10.8 Å². The average Bonchev–Trinajstić information content (AvgIpc) is 3.34. The first-order valence-corrected chi connectivity index (χ1v) is 12.5. The van der Waals surface area contributed by atoms with Crippen LogP contribution in [-0.4, -0.2) is 21.1 Å². The molecule has 5 nitrogen and oxygen atoms in total. The van der Waals surface area contributed by atoms with E-state index in [2.05, 4.69) is 0 Å². The molecule has 5 rings (SSSR count). The molecule has 1 atom stereocenters. The van der Waals surface area contributed by atoms with Crippen LogP contribution >= 0.6 is 23.5 Å². The van der Waals surface area contributed by atoms with E-state index in [0.717, 1.165) is 28.1 Å². The summed E-state index contributed by atoms with van der Waals surface area (Å²) in [5, 5.41) is 6.89. The van der Waals surface area contributed by atoms with Crippen molar-refractivity contribution in [1.82, 2.24) is 0 Å². The molecule has 0 aromatic heterocycles. The fourth-order valence-electron chi connectivity index (χ4n) is 3.83. The minimum absolute atomic E-state index is 0.124. The van der Waals surface area contributed by atoms with E-state index in [1.165, 1.54) is 30.4 Å². The van der Waals surface area contributed by atoms with Gasteiger partial charge in [0, 0.05) is 12.6 Å². The molecular formula is C27H23N3O2S2. The summed E-state index contributed by atoms with van der Waals surface area (Å²) in [6.45, 7) is 5.57. The SMILES string of the molecule is CC(=O)C1=NN(c2ccc(C)cc2)[C@@]2(S1)S/C(=C\c1ccc(C)cc1)C(=O)N2c1ccccc1. The topological polar surface area (TPSA) is 53.0 Å². The summed E-state index contributed by atoms with van der Waals surface area (Å²) in [7, 11) is 0. The highest BCUT2D eigenvalue weighted by Gasteiger charge is 2.59. The zero-order chi connectivity index (χ0) is 23.9. The number of hydrogen-bond donors (Lipinski definition) is 0. The molecule has 1 fully saturated rings. The van der Waals surface area contributed by atoms with E-state index in [0.29, 0.717) is 9.95 Å². The fourth-order valence-corrected chi connectivity index (χ4v) is 6.71. The van der Waals surface area contributed by atoms with E-state index in [-0.39, 0.29) is 11.7 Å². The van der Waals surface area contributed by atoms with Crippen molar-refractivity contribution < 1.29 is 9.59 Å². The lowest BCUT2D eigenvalue weighted by Crippen LogP contribution is -2.51. The van der Waals surface area contributed by atoms with Gasteiger partial charge in [0.25, 0.3) is 5.91 Å². The summed E-state index contributed by atoms with van der Waals surface area (Å²) in [6, 6.07) is 25.6. The van der Waals surface area contributed by atoms with Crippen LogP contribution in [0.25, 0.3) is 6.08 Å². The van der Waals surface area contributed by atoms with Gasteiger partial charge in [-0.25, -0.2) is 5.01 Å². The highest BCUT2D eigenvalue weighted by molar-refractivity contribution is 8.29. The number of para-hydroxylation sites is 1. The molecule has 170 valence electrons. The van der Waals surface area contributed by atoms with Gasteiger partial charge in [-0.15, -0.1) is 0 Å². The molecule has 0 saturated carbocycles. The van der Waals surface area contributed by atoms with Crippen LogP contribution in [0.15, 0.2) is 88.9 Å². The molecular weight excluding hydrogens is 462 g/mol. The number of carbonyl (C=O) groups excluding carboxylic acids is 2. The lowest BCUT2D eigenvalue weighted by atomic mass is 10.1. The standard InChI is InChI=1S/C27H23N3O2S2/c1-18-9-13-21(14-10-18)17-24-26(32)29(22-7-5-4-6-8-22)27(33-24)30(28-25(34-27)20(3)31)23-15-11-19(2)12-16-23/h4-17H,1-3H3/b24-17-/t27-/m1/s1. The van der Waals surface area contributed by atoms with Crippen molar-refractivity contribution in [2.75, 3.05) is 9.91 Å². The summed E-state index contributed by atoms with van der Waals surface area (Å²) >= 11 is 2.73.